The maximum absolute atomic E-state index is 12.6. The highest BCUT2D eigenvalue weighted by atomic mass is 127. The van der Waals surface area contributed by atoms with Crippen LogP contribution in [0.4, 0.5) is 8.78 Å². The molecule has 152 valence electrons. The Labute approximate surface area is 179 Å². The fourth-order valence-electron chi connectivity index (χ4n) is 3.00. The van der Waals surface area contributed by atoms with Crippen LogP contribution in [-0.4, -0.2) is 50.7 Å². The summed E-state index contributed by atoms with van der Waals surface area (Å²) in [5.74, 6) is 0.242. The summed E-state index contributed by atoms with van der Waals surface area (Å²) >= 11 is 5.96. The van der Waals surface area contributed by atoms with Crippen molar-refractivity contribution in [2.75, 3.05) is 27.2 Å². The molecule has 27 heavy (non-hydrogen) atoms. The van der Waals surface area contributed by atoms with E-state index in [1.165, 1.54) is 19.2 Å². The van der Waals surface area contributed by atoms with Crippen LogP contribution in [0.15, 0.2) is 23.2 Å². The molecule has 0 spiro atoms. The van der Waals surface area contributed by atoms with Gasteiger partial charge in [-0.3, -0.25) is 9.79 Å². The maximum atomic E-state index is 12.6. The highest BCUT2D eigenvalue weighted by Crippen LogP contribution is 2.26. The summed E-state index contributed by atoms with van der Waals surface area (Å²) in [6.45, 7) is 0.358. The first-order chi connectivity index (χ1) is 12.3. The zero-order valence-electron chi connectivity index (χ0n) is 15.2. The van der Waals surface area contributed by atoms with E-state index in [0.29, 0.717) is 29.6 Å². The topological polar surface area (TPSA) is 63.2 Å². The minimum absolute atomic E-state index is 0. The van der Waals surface area contributed by atoms with Gasteiger partial charge in [0.05, 0.1) is 13.0 Å². The van der Waals surface area contributed by atoms with Crippen molar-refractivity contribution in [2.45, 2.75) is 20.1 Å². The van der Waals surface area contributed by atoms with Gasteiger partial charge in [-0.25, -0.2) is 0 Å². The summed E-state index contributed by atoms with van der Waals surface area (Å²) in [6.07, 6.45) is 0. The number of carbonyl (C=O) groups excluding carboxylic acids is 1. The van der Waals surface area contributed by atoms with E-state index >= 15 is 0 Å². The summed E-state index contributed by atoms with van der Waals surface area (Å²) in [5.41, 5.74) is 0.482. The first-order valence-electron chi connectivity index (χ1n) is 8.12. The van der Waals surface area contributed by atoms with Gasteiger partial charge in [-0.05, 0) is 24.1 Å². The standard InChI is InChI=1S/C17H22ClF2N3O3.HI/c1-10-8-23(9-13(10)15(24)25-3)17(21-2)22-7-11-6-12(18)4-5-14(11)26-16(19)20;/h4-6,10,13,16H,7-9H2,1-3H3,(H,21,22);1H. The van der Waals surface area contributed by atoms with E-state index in [1.54, 1.807) is 13.1 Å². The SMILES string of the molecule is CN=C(NCc1cc(Cl)ccc1OC(F)F)N1CC(C)C(C(=O)OC)C1.I. The number of guanidine groups is 1. The first-order valence-corrected chi connectivity index (χ1v) is 8.50. The zero-order valence-corrected chi connectivity index (χ0v) is 18.3. The molecule has 0 amide bonds. The number of hydrogen-bond donors (Lipinski definition) is 1. The molecule has 2 rings (SSSR count). The summed E-state index contributed by atoms with van der Waals surface area (Å²) in [4.78, 5) is 18.0. The van der Waals surface area contributed by atoms with Gasteiger partial charge in [0.1, 0.15) is 5.75 Å². The quantitative estimate of drug-likeness (QED) is 0.281. The van der Waals surface area contributed by atoms with Gasteiger partial charge in [-0.2, -0.15) is 8.78 Å². The Kier molecular flexibility index (Phi) is 9.51. The van der Waals surface area contributed by atoms with Crippen LogP contribution in [0.3, 0.4) is 0 Å². The van der Waals surface area contributed by atoms with Crippen LogP contribution < -0.4 is 10.1 Å². The Morgan fingerprint density at radius 2 is 2.15 bits per heavy atom. The number of likely N-dealkylation sites (tertiary alicyclic amines) is 1. The van der Waals surface area contributed by atoms with Crippen molar-refractivity contribution in [1.82, 2.24) is 10.2 Å². The van der Waals surface area contributed by atoms with Crippen LogP contribution in [0.2, 0.25) is 5.02 Å². The number of esters is 1. The number of benzene rings is 1. The molecule has 0 aliphatic carbocycles. The number of ether oxygens (including phenoxy) is 2. The third-order valence-electron chi connectivity index (χ3n) is 4.30. The molecule has 0 bridgehead atoms. The molecule has 1 saturated heterocycles. The third kappa shape index (κ3) is 6.34. The second-order valence-electron chi connectivity index (χ2n) is 6.04. The molecule has 6 nitrogen and oxygen atoms in total. The smallest absolute Gasteiger partial charge is 0.387 e. The van der Waals surface area contributed by atoms with E-state index in [4.69, 9.17) is 16.3 Å². The largest absolute Gasteiger partial charge is 0.469 e. The van der Waals surface area contributed by atoms with Crippen molar-refractivity contribution < 1.29 is 23.0 Å². The number of hydrogen-bond acceptors (Lipinski definition) is 4. The van der Waals surface area contributed by atoms with Gasteiger partial charge in [0.15, 0.2) is 5.96 Å². The maximum Gasteiger partial charge on any atom is 0.387 e. The lowest BCUT2D eigenvalue weighted by Crippen LogP contribution is -2.40. The number of nitrogens with one attached hydrogen (secondary N) is 1. The van der Waals surface area contributed by atoms with Crippen molar-refractivity contribution >= 4 is 47.5 Å². The molecule has 1 aromatic carbocycles. The molecule has 1 heterocycles. The Morgan fingerprint density at radius 3 is 2.74 bits per heavy atom. The summed E-state index contributed by atoms with van der Waals surface area (Å²) < 4.78 is 34.5. The lowest BCUT2D eigenvalue weighted by Gasteiger charge is -2.22. The molecule has 1 fully saturated rings. The van der Waals surface area contributed by atoms with E-state index in [0.717, 1.165) is 0 Å². The van der Waals surface area contributed by atoms with E-state index in [1.807, 2.05) is 11.8 Å². The lowest BCUT2D eigenvalue weighted by molar-refractivity contribution is -0.145. The van der Waals surface area contributed by atoms with Crippen LogP contribution in [0, 0.1) is 11.8 Å². The van der Waals surface area contributed by atoms with Crippen LogP contribution >= 0.6 is 35.6 Å². The van der Waals surface area contributed by atoms with E-state index < -0.39 is 6.61 Å². The predicted octanol–water partition coefficient (Wildman–Crippen LogP) is 3.38. The van der Waals surface area contributed by atoms with E-state index in [2.05, 4.69) is 15.0 Å². The second kappa shape index (κ2) is 10.8. The van der Waals surface area contributed by atoms with E-state index in [-0.39, 0.29) is 54.1 Å². The van der Waals surface area contributed by atoms with Crippen LogP contribution in [-0.2, 0) is 16.1 Å². The second-order valence-corrected chi connectivity index (χ2v) is 6.48. The van der Waals surface area contributed by atoms with Crippen molar-refractivity contribution in [3.05, 3.63) is 28.8 Å². The van der Waals surface area contributed by atoms with Gasteiger partial charge in [0.25, 0.3) is 0 Å². The molecular formula is C17H23ClF2IN3O3. The van der Waals surface area contributed by atoms with Crippen molar-refractivity contribution in [3.8, 4) is 5.75 Å². The molecule has 1 aromatic rings. The number of aliphatic imine (C=N–C) groups is 1. The number of nitrogens with zero attached hydrogens (tertiary/aromatic N) is 2. The number of rotatable bonds is 5. The molecule has 2 unspecified atom stereocenters. The van der Waals surface area contributed by atoms with Crippen molar-refractivity contribution in [3.63, 3.8) is 0 Å². The Balaban J connectivity index is 0.00000364. The Morgan fingerprint density at radius 1 is 1.44 bits per heavy atom. The van der Waals surface area contributed by atoms with Crippen molar-refractivity contribution in [1.29, 1.82) is 0 Å². The number of alkyl halides is 2. The van der Waals surface area contributed by atoms with Gasteiger partial charge in [-0.1, -0.05) is 18.5 Å². The molecular weight excluding hydrogens is 495 g/mol. The number of halogens is 4. The molecule has 0 aromatic heterocycles. The zero-order chi connectivity index (χ0) is 19.3. The molecule has 1 aliphatic heterocycles. The van der Waals surface area contributed by atoms with Gasteiger partial charge in [0, 0.05) is 37.3 Å². The fraction of sp³-hybridized carbons (Fsp3) is 0.529. The normalized spacial score (nSPS) is 19.7. The summed E-state index contributed by atoms with van der Waals surface area (Å²) in [7, 11) is 2.99. The predicted molar refractivity (Wildman–Crippen MR) is 110 cm³/mol. The minimum Gasteiger partial charge on any atom is -0.469 e. The average molecular weight is 518 g/mol. The lowest BCUT2D eigenvalue weighted by atomic mass is 9.99. The van der Waals surface area contributed by atoms with Crippen LogP contribution in [0.25, 0.3) is 0 Å². The number of carbonyl (C=O) groups is 1. The monoisotopic (exact) mass is 517 g/mol. The Hall–Kier alpha value is -1.36. The van der Waals surface area contributed by atoms with Crippen LogP contribution in [0.1, 0.15) is 12.5 Å². The molecule has 1 N–H and O–H groups in total. The molecule has 0 saturated carbocycles. The average Bonchev–Trinajstić information content (AvgIpc) is 2.98. The molecule has 0 radical (unpaired) electrons. The van der Waals surface area contributed by atoms with Crippen molar-refractivity contribution in [2.24, 2.45) is 16.8 Å². The summed E-state index contributed by atoms with van der Waals surface area (Å²) in [6, 6.07) is 4.45. The summed E-state index contributed by atoms with van der Waals surface area (Å²) in [5, 5.41) is 3.52. The van der Waals surface area contributed by atoms with Gasteiger partial charge < -0.3 is 19.7 Å². The van der Waals surface area contributed by atoms with Gasteiger partial charge >= 0.3 is 12.6 Å². The molecule has 2 atom stereocenters. The van der Waals surface area contributed by atoms with Crippen LogP contribution in [0.5, 0.6) is 5.75 Å². The highest BCUT2D eigenvalue weighted by Gasteiger charge is 2.36. The third-order valence-corrected chi connectivity index (χ3v) is 4.54. The number of methoxy groups -OCH3 is 1. The minimum atomic E-state index is -2.92. The highest BCUT2D eigenvalue weighted by molar-refractivity contribution is 14.0. The molecule has 1 aliphatic rings. The van der Waals surface area contributed by atoms with Gasteiger partial charge in [-0.15, -0.1) is 24.0 Å². The fourth-order valence-corrected chi connectivity index (χ4v) is 3.20. The molecule has 10 heteroatoms. The first kappa shape index (κ1) is 23.7. The van der Waals surface area contributed by atoms with Gasteiger partial charge in [0.2, 0.25) is 0 Å². The van der Waals surface area contributed by atoms with E-state index in [9.17, 15) is 13.6 Å². The Bertz CT molecular complexity index is 679.